The monoisotopic (exact) mass is 404 g/mol. The molecule has 1 N–H and O–H groups in total. The fraction of sp³-hybridized carbons (Fsp3) is 0.286. The van der Waals surface area contributed by atoms with Gasteiger partial charge in [-0.2, -0.15) is 4.52 Å². The van der Waals surface area contributed by atoms with Crippen LogP contribution in [0.15, 0.2) is 55.0 Å². The Bertz CT molecular complexity index is 1200. The van der Waals surface area contributed by atoms with E-state index in [1.807, 2.05) is 30.3 Å². The number of fused-ring (bicyclic) bond motifs is 2. The van der Waals surface area contributed by atoms with Gasteiger partial charge in [-0.3, -0.25) is 9.78 Å². The number of aromatic nitrogens is 5. The molecule has 1 aliphatic rings. The van der Waals surface area contributed by atoms with E-state index in [-0.39, 0.29) is 18.4 Å². The lowest BCUT2D eigenvalue weighted by Crippen LogP contribution is -2.34. The van der Waals surface area contributed by atoms with Gasteiger partial charge in [0.2, 0.25) is 5.88 Å². The van der Waals surface area contributed by atoms with Gasteiger partial charge in [-0.15, -0.1) is 15.3 Å². The molecule has 2 atom stereocenters. The summed E-state index contributed by atoms with van der Waals surface area (Å²) in [6.45, 7) is 0.643. The first-order valence-electron chi connectivity index (χ1n) is 9.76. The van der Waals surface area contributed by atoms with Crippen LogP contribution in [0.1, 0.15) is 5.56 Å². The maximum Gasteiger partial charge on any atom is 0.260 e. The highest BCUT2D eigenvalue weighted by Crippen LogP contribution is 2.25. The van der Waals surface area contributed by atoms with Crippen molar-refractivity contribution in [3.8, 4) is 5.88 Å². The first-order valence-corrected chi connectivity index (χ1v) is 9.76. The zero-order valence-corrected chi connectivity index (χ0v) is 16.1. The summed E-state index contributed by atoms with van der Waals surface area (Å²) in [5.41, 5.74) is 2.66. The van der Waals surface area contributed by atoms with Crippen molar-refractivity contribution < 1.29 is 14.6 Å². The number of carbonyl (C=O) groups excluding carboxylic acids is 1. The Labute approximate surface area is 171 Å². The summed E-state index contributed by atoms with van der Waals surface area (Å²) in [5.74, 6) is 0.100. The number of amides is 1. The minimum atomic E-state index is -0.577. The molecule has 4 heterocycles. The summed E-state index contributed by atoms with van der Waals surface area (Å²) in [5, 5.41) is 23.4. The average Bonchev–Trinajstić information content (AvgIpc) is 3.38. The lowest BCUT2D eigenvalue weighted by atomic mass is 9.94. The van der Waals surface area contributed by atoms with Crippen LogP contribution in [0.5, 0.6) is 5.88 Å². The Hall–Kier alpha value is -3.59. The zero-order valence-electron chi connectivity index (χ0n) is 16.1. The first-order chi connectivity index (χ1) is 14.7. The molecular formula is C21H20N6O3. The van der Waals surface area contributed by atoms with Crippen LogP contribution < -0.4 is 4.74 Å². The molecule has 4 aromatic rings. The number of carbonyl (C=O) groups is 1. The van der Waals surface area contributed by atoms with Crippen molar-refractivity contribution in [2.45, 2.75) is 12.5 Å². The Kier molecular flexibility index (Phi) is 4.72. The molecule has 9 nitrogen and oxygen atoms in total. The zero-order chi connectivity index (χ0) is 20.5. The van der Waals surface area contributed by atoms with Gasteiger partial charge in [-0.05, 0) is 30.2 Å². The van der Waals surface area contributed by atoms with E-state index >= 15 is 0 Å². The van der Waals surface area contributed by atoms with Gasteiger partial charge in [0.05, 0.1) is 11.6 Å². The van der Waals surface area contributed by atoms with E-state index in [1.54, 1.807) is 23.2 Å². The number of hydrogen-bond acceptors (Lipinski definition) is 7. The standard InChI is InChI=1S/C21H20N6O3/c28-18-11-26(21(29)12-30-20-6-5-19-24-23-13-27(19)25-20)10-15(18)9-14-7-8-22-17-4-2-1-3-16(14)17/h1-8,13,15,18,28H,9-12H2/t15-,18+/m1/s1. The molecule has 0 spiro atoms. The van der Waals surface area contributed by atoms with Crippen LogP contribution in [0.25, 0.3) is 16.6 Å². The molecule has 0 radical (unpaired) electrons. The van der Waals surface area contributed by atoms with Crippen molar-refractivity contribution in [3.63, 3.8) is 0 Å². The normalized spacial score (nSPS) is 18.9. The van der Waals surface area contributed by atoms with Crippen LogP contribution in [-0.2, 0) is 11.2 Å². The molecule has 1 fully saturated rings. The van der Waals surface area contributed by atoms with Crippen LogP contribution in [0.2, 0.25) is 0 Å². The van der Waals surface area contributed by atoms with E-state index in [1.165, 1.54) is 10.8 Å². The summed E-state index contributed by atoms with van der Waals surface area (Å²) in [6, 6.07) is 13.3. The van der Waals surface area contributed by atoms with Crippen molar-refractivity contribution in [2.24, 2.45) is 5.92 Å². The predicted octanol–water partition coefficient (Wildman–Crippen LogP) is 1.11. The number of nitrogens with zero attached hydrogens (tertiary/aromatic N) is 6. The number of benzene rings is 1. The summed E-state index contributed by atoms with van der Waals surface area (Å²) in [4.78, 5) is 18.6. The molecule has 5 rings (SSSR count). The number of pyridine rings is 1. The van der Waals surface area contributed by atoms with Gasteiger partial charge in [-0.25, -0.2) is 0 Å². The highest BCUT2D eigenvalue weighted by Gasteiger charge is 2.34. The fourth-order valence-electron chi connectivity index (χ4n) is 3.89. The lowest BCUT2D eigenvalue weighted by molar-refractivity contribution is -0.132. The molecular weight excluding hydrogens is 384 g/mol. The van der Waals surface area contributed by atoms with Crippen molar-refractivity contribution in [2.75, 3.05) is 19.7 Å². The lowest BCUT2D eigenvalue weighted by Gasteiger charge is -2.16. The molecule has 1 saturated heterocycles. The molecule has 1 amide bonds. The molecule has 9 heteroatoms. The second-order valence-electron chi connectivity index (χ2n) is 7.41. The maximum absolute atomic E-state index is 12.6. The average molecular weight is 404 g/mol. The van der Waals surface area contributed by atoms with Crippen molar-refractivity contribution in [3.05, 3.63) is 60.6 Å². The van der Waals surface area contributed by atoms with E-state index in [2.05, 4.69) is 20.3 Å². The minimum absolute atomic E-state index is 0.0359. The number of likely N-dealkylation sites (tertiary alicyclic amines) is 1. The number of para-hydroxylation sites is 1. The number of aliphatic hydroxyl groups is 1. The molecule has 0 unspecified atom stereocenters. The second kappa shape index (κ2) is 7.68. The van der Waals surface area contributed by atoms with E-state index in [4.69, 9.17) is 4.74 Å². The van der Waals surface area contributed by atoms with E-state index < -0.39 is 6.10 Å². The largest absolute Gasteiger partial charge is 0.467 e. The third-order valence-corrected chi connectivity index (χ3v) is 5.46. The molecule has 1 aromatic carbocycles. The minimum Gasteiger partial charge on any atom is -0.467 e. The molecule has 1 aliphatic heterocycles. The second-order valence-corrected chi connectivity index (χ2v) is 7.41. The summed E-state index contributed by atoms with van der Waals surface area (Å²) in [7, 11) is 0. The third kappa shape index (κ3) is 3.55. The van der Waals surface area contributed by atoms with Gasteiger partial charge in [0, 0.05) is 36.7 Å². The van der Waals surface area contributed by atoms with E-state index in [9.17, 15) is 9.90 Å². The van der Waals surface area contributed by atoms with E-state index in [0.717, 1.165) is 16.5 Å². The van der Waals surface area contributed by atoms with Gasteiger partial charge < -0.3 is 14.7 Å². The number of aliphatic hydroxyl groups excluding tert-OH is 1. The topological polar surface area (TPSA) is 106 Å². The SMILES string of the molecule is O=C(COc1ccc2nncn2n1)N1C[C@@H](Cc2ccnc3ccccc23)[C@@H](O)C1. The fourth-order valence-corrected chi connectivity index (χ4v) is 3.89. The molecule has 152 valence electrons. The molecule has 0 saturated carbocycles. The quantitative estimate of drug-likeness (QED) is 0.531. The number of ether oxygens (including phenoxy) is 1. The van der Waals surface area contributed by atoms with Crippen LogP contribution in [-0.4, -0.2) is 66.5 Å². The molecule has 30 heavy (non-hydrogen) atoms. The Morgan fingerprint density at radius 3 is 3.00 bits per heavy atom. The van der Waals surface area contributed by atoms with Crippen molar-refractivity contribution in [1.82, 2.24) is 29.7 Å². The van der Waals surface area contributed by atoms with Crippen molar-refractivity contribution >= 4 is 22.5 Å². The summed E-state index contributed by atoms with van der Waals surface area (Å²) in [6.07, 6.45) is 3.36. The van der Waals surface area contributed by atoms with Crippen LogP contribution >= 0.6 is 0 Å². The van der Waals surface area contributed by atoms with Crippen LogP contribution in [0.4, 0.5) is 0 Å². The molecule has 0 aliphatic carbocycles. The van der Waals surface area contributed by atoms with Gasteiger partial charge in [0.15, 0.2) is 12.3 Å². The number of rotatable bonds is 5. The summed E-state index contributed by atoms with van der Waals surface area (Å²) >= 11 is 0. The number of hydrogen-bond donors (Lipinski definition) is 1. The Morgan fingerprint density at radius 1 is 1.17 bits per heavy atom. The highest BCUT2D eigenvalue weighted by atomic mass is 16.5. The first kappa shape index (κ1) is 18.4. The summed E-state index contributed by atoms with van der Waals surface area (Å²) < 4.78 is 7.02. The number of β-amino-alcohol motifs (C(OH)–C–C–N with tert-alkyl or cyclic N) is 1. The smallest absolute Gasteiger partial charge is 0.260 e. The van der Waals surface area contributed by atoms with E-state index in [0.29, 0.717) is 31.0 Å². The van der Waals surface area contributed by atoms with Crippen LogP contribution in [0.3, 0.4) is 0 Å². The Balaban J connectivity index is 1.22. The molecule has 3 aromatic heterocycles. The van der Waals surface area contributed by atoms with Crippen LogP contribution in [0, 0.1) is 5.92 Å². The predicted molar refractivity (Wildman–Crippen MR) is 108 cm³/mol. The van der Waals surface area contributed by atoms with Gasteiger partial charge in [0.25, 0.3) is 5.91 Å². The Morgan fingerprint density at radius 2 is 2.07 bits per heavy atom. The van der Waals surface area contributed by atoms with Gasteiger partial charge in [-0.1, -0.05) is 18.2 Å². The maximum atomic E-state index is 12.6. The van der Waals surface area contributed by atoms with Gasteiger partial charge in [0.1, 0.15) is 6.33 Å². The van der Waals surface area contributed by atoms with Gasteiger partial charge >= 0.3 is 0 Å². The highest BCUT2D eigenvalue weighted by molar-refractivity contribution is 5.82. The molecule has 0 bridgehead atoms. The third-order valence-electron chi connectivity index (χ3n) is 5.46. The van der Waals surface area contributed by atoms with Crippen molar-refractivity contribution in [1.29, 1.82) is 0 Å².